The lowest BCUT2D eigenvalue weighted by Gasteiger charge is -1.66. The first-order chi connectivity index (χ1) is 2.89. The molecule has 0 saturated carbocycles. The lowest BCUT2D eigenvalue weighted by Crippen LogP contribution is -1.88. The summed E-state index contributed by atoms with van der Waals surface area (Å²) in [5, 5.41) is 3.89. The summed E-state index contributed by atoms with van der Waals surface area (Å²) in [6.45, 7) is 0. The molecule has 0 fully saturated rings. The quantitative estimate of drug-likeness (QED) is 0.369. The molecule has 0 aliphatic carbocycles. The fourth-order valence-electron chi connectivity index (χ4n) is 0.423. The van der Waals surface area contributed by atoms with Gasteiger partial charge in [-0.3, -0.25) is 0 Å². The Morgan fingerprint density at radius 1 is 1.83 bits per heavy atom. The molecule has 1 rings (SSSR count). The fraction of sp³-hybridized carbons (Fsp3) is 0.500. The number of hydrogen-bond donors (Lipinski definition) is 0. The Labute approximate surface area is 36.8 Å². The van der Waals surface area contributed by atoms with Gasteiger partial charge in [0.2, 0.25) is 0 Å². The molecule has 2 heteroatoms. The molecule has 0 amide bonds. The molecule has 0 saturated heterocycles. The van der Waals surface area contributed by atoms with Crippen LogP contribution in [0.25, 0.3) is 0 Å². The minimum absolute atomic E-state index is 0.997. The molecule has 0 atom stereocenters. The van der Waals surface area contributed by atoms with E-state index in [0.29, 0.717) is 0 Å². The lowest BCUT2D eigenvalue weighted by atomic mass is 10.5. The van der Waals surface area contributed by atoms with E-state index in [4.69, 9.17) is 0 Å². The van der Waals surface area contributed by atoms with Crippen LogP contribution in [-0.4, -0.2) is 24.2 Å². The highest BCUT2D eigenvalue weighted by Gasteiger charge is 1.94. The molecule has 6 heavy (non-hydrogen) atoms. The maximum Gasteiger partial charge on any atom is 0.178 e. The van der Waals surface area contributed by atoms with E-state index in [9.17, 15) is 0 Å². The Kier molecular flexibility index (Phi) is 0.708. The smallest absolute Gasteiger partial charge is 0.0980 e. The third kappa shape index (κ3) is 0.455. The predicted octanol–water partition coefficient (Wildman–Crippen LogP) is 0.0890. The Bertz CT molecular complexity index is 99.4. The summed E-state index contributed by atoms with van der Waals surface area (Å²) in [5.74, 6) is 0. The molecular weight excluding hydrogens is 76.1 g/mol. The molecule has 1 heterocycles. The third-order valence-corrected chi connectivity index (χ3v) is 0.739. The standard InChI is InChI=1S/C4H7N2/c1-6-4-2-3-5-6/h3-4H,2H2,1H3/q+1. The molecule has 2 nitrogen and oxygen atoms in total. The lowest BCUT2D eigenvalue weighted by molar-refractivity contribution is -0.494. The zero-order valence-electron chi connectivity index (χ0n) is 3.76. The van der Waals surface area contributed by atoms with Crippen LogP contribution < -0.4 is 0 Å². The van der Waals surface area contributed by atoms with Crippen molar-refractivity contribution in [2.24, 2.45) is 5.10 Å². The first-order valence-corrected chi connectivity index (χ1v) is 1.98. The van der Waals surface area contributed by atoms with Gasteiger partial charge in [0.1, 0.15) is 0 Å². The van der Waals surface area contributed by atoms with Crippen molar-refractivity contribution < 1.29 is 4.68 Å². The van der Waals surface area contributed by atoms with Gasteiger partial charge in [0.15, 0.2) is 13.3 Å². The molecule has 1 aliphatic heterocycles. The van der Waals surface area contributed by atoms with E-state index in [1.54, 1.807) is 4.68 Å². The molecule has 0 unspecified atom stereocenters. The van der Waals surface area contributed by atoms with E-state index in [-0.39, 0.29) is 0 Å². The summed E-state index contributed by atoms with van der Waals surface area (Å²) < 4.78 is 1.81. The largest absolute Gasteiger partial charge is 0.178 e. The molecular formula is C4H7N2+. The monoisotopic (exact) mass is 83.1 g/mol. The SMILES string of the molecule is C[N+]1=CCC=N1. The second-order valence-electron chi connectivity index (χ2n) is 1.29. The zero-order valence-corrected chi connectivity index (χ0v) is 3.76. The van der Waals surface area contributed by atoms with E-state index in [1.165, 1.54) is 0 Å². The summed E-state index contributed by atoms with van der Waals surface area (Å²) in [6, 6.07) is 0. The van der Waals surface area contributed by atoms with Crippen molar-refractivity contribution in [3.8, 4) is 0 Å². The normalized spacial score (nSPS) is 18.5. The molecule has 0 spiro atoms. The van der Waals surface area contributed by atoms with Gasteiger partial charge in [-0.15, -0.1) is 0 Å². The van der Waals surface area contributed by atoms with Gasteiger partial charge in [0.25, 0.3) is 0 Å². The minimum Gasteiger partial charge on any atom is -0.0980 e. The predicted molar refractivity (Wildman–Crippen MR) is 25.4 cm³/mol. The number of nitrogens with zero attached hydrogens (tertiary/aromatic N) is 2. The van der Waals surface area contributed by atoms with Crippen LogP contribution in [-0.2, 0) is 0 Å². The number of hydrazone groups is 1. The van der Waals surface area contributed by atoms with Crippen molar-refractivity contribution in [2.75, 3.05) is 7.05 Å². The van der Waals surface area contributed by atoms with Gasteiger partial charge in [0, 0.05) is 0 Å². The maximum absolute atomic E-state index is 3.89. The molecule has 0 radical (unpaired) electrons. The molecule has 0 aromatic heterocycles. The Hall–Kier alpha value is -0.660. The molecule has 0 aromatic rings. The van der Waals surface area contributed by atoms with E-state index < -0.39 is 0 Å². The van der Waals surface area contributed by atoms with Crippen LogP contribution >= 0.6 is 0 Å². The van der Waals surface area contributed by atoms with Crippen molar-refractivity contribution in [1.29, 1.82) is 0 Å². The number of rotatable bonds is 0. The van der Waals surface area contributed by atoms with Gasteiger partial charge in [-0.1, -0.05) is 4.68 Å². The first kappa shape index (κ1) is 3.53. The summed E-state index contributed by atoms with van der Waals surface area (Å²) in [7, 11) is 1.92. The van der Waals surface area contributed by atoms with Gasteiger partial charge in [-0.05, 0) is 5.10 Å². The first-order valence-electron chi connectivity index (χ1n) is 1.98. The van der Waals surface area contributed by atoms with Crippen molar-refractivity contribution in [2.45, 2.75) is 6.42 Å². The van der Waals surface area contributed by atoms with Crippen LogP contribution in [0, 0.1) is 0 Å². The summed E-state index contributed by atoms with van der Waals surface area (Å²) >= 11 is 0. The highest BCUT2D eigenvalue weighted by atomic mass is 15.4. The second-order valence-corrected chi connectivity index (χ2v) is 1.29. The number of hydrogen-bond acceptors (Lipinski definition) is 1. The Balaban J connectivity index is 2.68. The maximum atomic E-state index is 3.89. The van der Waals surface area contributed by atoms with Crippen LogP contribution in [0.4, 0.5) is 0 Å². The third-order valence-electron chi connectivity index (χ3n) is 0.739. The highest BCUT2D eigenvalue weighted by Crippen LogP contribution is 1.78. The molecule has 0 bridgehead atoms. The van der Waals surface area contributed by atoms with E-state index >= 15 is 0 Å². The van der Waals surface area contributed by atoms with E-state index in [0.717, 1.165) is 6.42 Å². The summed E-state index contributed by atoms with van der Waals surface area (Å²) in [4.78, 5) is 0. The van der Waals surface area contributed by atoms with Gasteiger partial charge in [-0.25, -0.2) is 0 Å². The van der Waals surface area contributed by atoms with Crippen LogP contribution in [0.5, 0.6) is 0 Å². The zero-order chi connectivity index (χ0) is 4.41. The van der Waals surface area contributed by atoms with Gasteiger partial charge in [0.05, 0.1) is 12.6 Å². The van der Waals surface area contributed by atoms with Crippen molar-refractivity contribution in [1.82, 2.24) is 0 Å². The van der Waals surface area contributed by atoms with E-state index in [2.05, 4.69) is 5.10 Å². The van der Waals surface area contributed by atoms with Gasteiger partial charge in [-0.2, -0.15) is 0 Å². The average molecular weight is 83.1 g/mol. The Morgan fingerprint density at radius 3 is 2.83 bits per heavy atom. The summed E-state index contributed by atoms with van der Waals surface area (Å²) in [6.07, 6.45) is 4.89. The fourth-order valence-corrected chi connectivity index (χ4v) is 0.423. The topological polar surface area (TPSA) is 15.4 Å². The van der Waals surface area contributed by atoms with E-state index in [1.807, 2.05) is 19.5 Å². The van der Waals surface area contributed by atoms with Gasteiger partial charge >= 0.3 is 0 Å². The summed E-state index contributed by atoms with van der Waals surface area (Å²) in [5.41, 5.74) is 0. The van der Waals surface area contributed by atoms with Crippen LogP contribution in [0.15, 0.2) is 5.10 Å². The van der Waals surface area contributed by atoms with Gasteiger partial charge < -0.3 is 0 Å². The van der Waals surface area contributed by atoms with Crippen molar-refractivity contribution >= 4 is 12.4 Å². The van der Waals surface area contributed by atoms with Crippen LogP contribution in [0.2, 0.25) is 0 Å². The average Bonchev–Trinajstić information content (AvgIpc) is 1.86. The molecule has 0 N–H and O–H groups in total. The molecule has 1 aliphatic rings. The Morgan fingerprint density at radius 2 is 2.67 bits per heavy atom. The minimum atomic E-state index is 0.997. The molecule has 0 aromatic carbocycles. The highest BCUT2D eigenvalue weighted by molar-refractivity contribution is 5.78. The van der Waals surface area contributed by atoms with Crippen molar-refractivity contribution in [3.63, 3.8) is 0 Å². The van der Waals surface area contributed by atoms with Crippen LogP contribution in [0.1, 0.15) is 6.42 Å². The van der Waals surface area contributed by atoms with Crippen LogP contribution in [0.3, 0.4) is 0 Å². The second kappa shape index (κ2) is 1.20. The molecule has 32 valence electrons. The van der Waals surface area contributed by atoms with Crippen molar-refractivity contribution in [3.05, 3.63) is 0 Å².